The van der Waals surface area contributed by atoms with Crippen molar-refractivity contribution < 1.29 is 4.79 Å². The zero-order valence-corrected chi connectivity index (χ0v) is 12.7. The van der Waals surface area contributed by atoms with Crippen LogP contribution in [0, 0.1) is 3.57 Å². The second-order valence-electron chi connectivity index (χ2n) is 4.27. The Kier molecular flexibility index (Phi) is 5.38. The Labute approximate surface area is 126 Å². The molecule has 0 saturated heterocycles. The van der Waals surface area contributed by atoms with Crippen LogP contribution in [0.4, 0.5) is 0 Å². The van der Waals surface area contributed by atoms with E-state index in [4.69, 9.17) is 0 Å². The Morgan fingerprint density at radius 1 is 1.37 bits per heavy atom. The number of aromatic nitrogens is 2. The Hall–Kier alpha value is -1.37. The van der Waals surface area contributed by atoms with Crippen LogP contribution < -0.4 is 5.32 Å². The smallest absolute Gasteiger partial charge is 0.251 e. The molecule has 1 aromatic heterocycles. The topological polar surface area (TPSA) is 46.9 Å². The molecular formula is C14H16IN3O. The number of unbranched alkanes of at least 4 members (excludes halogenated alkanes) is 1. The van der Waals surface area contributed by atoms with Crippen LogP contribution in [0.5, 0.6) is 0 Å². The van der Waals surface area contributed by atoms with Gasteiger partial charge in [-0.3, -0.25) is 4.79 Å². The average Bonchev–Trinajstić information content (AvgIpc) is 2.91. The molecule has 5 heteroatoms. The molecule has 0 aliphatic heterocycles. The van der Waals surface area contributed by atoms with Crippen molar-refractivity contribution in [2.75, 3.05) is 6.54 Å². The lowest BCUT2D eigenvalue weighted by Gasteiger charge is -2.06. The van der Waals surface area contributed by atoms with Gasteiger partial charge in [0, 0.05) is 34.6 Å². The maximum Gasteiger partial charge on any atom is 0.251 e. The lowest BCUT2D eigenvalue weighted by Crippen LogP contribution is -2.24. The summed E-state index contributed by atoms with van der Waals surface area (Å²) in [5.41, 5.74) is 0.724. The minimum atomic E-state index is 0.00106. The van der Waals surface area contributed by atoms with E-state index in [-0.39, 0.29) is 5.91 Å². The number of imidazole rings is 1. The number of aryl methyl sites for hydroxylation is 1. The Bertz CT molecular complexity index is 525. The Morgan fingerprint density at radius 3 is 3.00 bits per heavy atom. The van der Waals surface area contributed by atoms with Crippen LogP contribution >= 0.6 is 22.6 Å². The first-order chi connectivity index (χ1) is 9.25. The van der Waals surface area contributed by atoms with E-state index < -0.39 is 0 Å². The van der Waals surface area contributed by atoms with Gasteiger partial charge in [-0.05, 0) is 53.6 Å². The number of hydrogen-bond acceptors (Lipinski definition) is 2. The predicted octanol–water partition coefficient (Wildman–Crippen LogP) is 2.70. The van der Waals surface area contributed by atoms with E-state index >= 15 is 0 Å². The quantitative estimate of drug-likeness (QED) is 0.629. The van der Waals surface area contributed by atoms with Gasteiger partial charge in [0.2, 0.25) is 0 Å². The van der Waals surface area contributed by atoms with Gasteiger partial charge in [0.25, 0.3) is 5.91 Å². The SMILES string of the molecule is O=C(NCCCCn1ccnc1)c1cccc(I)c1. The molecule has 2 rings (SSSR count). The monoisotopic (exact) mass is 369 g/mol. The molecule has 1 amide bonds. The highest BCUT2D eigenvalue weighted by atomic mass is 127. The molecular weight excluding hydrogens is 353 g/mol. The fraction of sp³-hybridized carbons (Fsp3) is 0.286. The highest BCUT2D eigenvalue weighted by Gasteiger charge is 2.04. The summed E-state index contributed by atoms with van der Waals surface area (Å²) in [6.45, 7) is 1.65. The third-order valence-electron chi connectivity index (χ3n) is 2.77. The summed E-state index contributed by atoms with van der Waals surface area (Å²) in [6, 6.07) is 7.60. The summed E-state index contributed by atoms with van der Waals surface area (Å²) in [5.74, 6) is 0.00106. The molecule has 1 heterocycles. The van der Waals surface area contributed by atoms with Gasteiger partial charge in [-0.1, -0.05) is 6.07 Å². The summed E-state index contributed by atoms with van der Waals surface area (Å²) in [4.78, 5) is 15.8. The molecule has 0 saturated carbocycles. The molecule has 1 N–H and O–H groups in total. The minimum absolute atomic E-state index is 0.00106. The predicted molar refractivity (Wildman–Crippen MR) is 83.0 cm³/mol. The minimum Gasteiger partial charge on any atom is -0.352 e. The number of benzene rings is 1. The van der Waals surface area contributed by atoms with E-state index in [0.29, 0.717) is 6.54 Å². The number of hydrogen-bond donors (Lipinski definition) is 1. The van der Waals surface area contributed by atoms with Crippen molar-refractivity contribution >= 4 is 28.5 Å². The van der Waals surface area contributed by atoms with Gasteiger partial charge < -0.3 is 9.88 Å². The van der Waals surface area contributed by atoms with Crippen LogP contribution in [0.1, 0.15) is 23.2 Å². The molecule has 100 valence electrons. The van der Waals surface area contributed by atoms with Gasteiger partial charge in [0.1, 0.15) is 0 Å². The van der Waals surface area contributed by atoms with Crippen molar-refractivity contribution in [3.8, 4) is 0 Å². The molecule has 0 atom stereocenters. The van der Waals surface area contributed by atoms with Gasteiger partial charge in [-0.2, -0.15) is 0 Å². The van der Waals surface area contributed by atoms with Gasteiger partial charge >= 0.3 is 0 Å². The number of amides is 1. The highest BCUT2D eigenvalue weighted by molar-refractivity contribution is 14.1. The van der Waals surface area contributed by atoms with Crippen molar-refractivity contribution in [3.63, 3.8) is 0 Å². The molecule has 0 bridgehead atoms. The number of carbonyl (C=O) groups excluding carboxylic acids is 1. The molecule has 2 aromatic rings. The van der Waals surface area contributed by atoms with E-state index in [1.54, 1.807) is 6.20 Å². The number of carbonyl (C=O) groups is 1. The maximum atomic E-state index is 11.9. The fourth-order valence-corrected chi connectivity index (χ4v) is 2.32. The average molecular weight is 369 g/mol. The van der Waals surface area contributed by atoms with E-state index in [0.717, 1.165) is 28.5 Å². The molecule has 0 aliphatic rings. The second-order valence-corrected chi connectivity index (χ2v) is 5.52. The van der Waals surface area contributed by atoms with Crippen molar-refractivity contribution in [2.45, 2.75) is 19.4 Å². The fourth-order valence-electron chi connectivity index (χ4n) is 1.77. The molecule has 0 aliphatic carbocycles. The van der Waals surface area contributed by atoms with E-state index in [1.807, 2.05) is 41.4 Å². The highest BCUT2D eigenvalue weighted by Crippen LogP contribution is 2.07. The van der Waals surface area contributed by atoms with Gasteiger partial charge in [0.05, 0.1) is 6.33 Å². The first-order valence-electron chi connectivity index (χ1n) is 6.25. The zero-order chi connectivity index (χ0) is 13.5. The van der Waals surface area contributed by atoms with Crippen LogP contribution in [0.3, 0.4) is 0 Å². The lowest BCUT2D eigenvalue weighted by atomic mass is 10.2. The summed E-state index contributed by atoms with van der Waals surface area (Å²) in [7, 11) is 0. The third kappa shape index (κ3) is 4.66. The molecule has 4 nitrogen and oxygen atoms in total. The molecule has 1 aromatic carbocycles. The second kappa shape index (κ2) is 7.28. The number of nitrogens with zero attached hydrogens (tertiary/aromatic N) is 2. The maximum absolute atomic E-state index is 11.9. The molecule has 0 fully saturated rings. The number of halogens is 1. The Balaban J connectivity index is 1.67. The normalized spacial score (nSPS) is 10.4. The van der Waals surface area contributed by atoms with Crippen molar-refractivity contribution in [3.05, 3.63) is 52.1 Å². The van der Waals surface area contributed by atoms with Gasteiger partial charge in [-0.25, -0.2) is 4.98 Å². The Morgan fingerprint density at radius 2 is 2.26 bits per heavy atom. The lowest BCUT2D eigenvalue weighted by molar-refractivity contribution is 0.0953. The number of rotatable bonds is 6. The summed E-state index contributed by atoms with van der Waals surface area (Å²) in [6.07, 6.45) is 7.53. The van der Waals surface area contributed by atoms with Crippen molar-refractivity contribution in [2.24, 2.45) is 0 Å². The number of nitrogens with one attached hydrogen (secondary N) is 1. The molecule has 0 spiro atoms. The van der Waals surface area contributed by atoms with Crippen LogP contribution in [0.25, 0.3) is 0 Å². The summed E-state index contributed by atoms with van der Waals surface area (Å²) >= 11 is 2.21. The van der Waals surface area contributed by atoms with Crippen LogP contribution in [0.15, 0.2) is 43.0 Å². The van der Waals surface area contributed by atoms with Crippen LogP contribution in [-0.2, 0) is 6.54 Å². The van der Waals surface area contributed by atoms with Gasteiger partial charge in [0.15, 0.2) is 0 Å². The molecule has 19 heavy (non-hydrogen) atoms. The summed E-state index contributed by atoms with van der Waals surface area (Å²) in [5, 5.41) is 2.94. The summed E-state index contributed by atoms with van der Waals surface area (Å²) < 4.78 is 3.12. The molecule has 0 radical (unpaired) electrons. The largest absolute Gasteiger partial charge is 0.352 e. The van der Waals surface area contributed by atoms with Crippen LogP contribution in [0.2, 0.25) is 0 Å². The van der Waals surface area contributed by atoms with E-state index in [1.165, 1.54) is 0 Å². The zero-order valence-electron chi connectivity index (χ0n) is 10.6. The van der Waals surface area contributed by atoms with Crippen molar-refractivity contribution in [1.29, 1.82) is 0 Å². The first kappa shape index (κ1) is 14.0. The van der Waals surface area contributed by atoms with E-state index in [9.17, 15) is 4.79 Å². The van der Waals surface area contributed by atoms with Gasteiger partial charge in [-0.15, -0.1) is 0 Å². The van der Waals surface area contributed by atoms with E-state index in [2.05, 4.69) is 32.9 Å². The standard InChI is InChI=1S/C14H16IN3O/c15-13-5-3-4-12(10-13)14(19)17-6-1-2-8-18-9-7-16-11-18/h3-5,7,9-11H,1-2,6,8H2,(H,17,19). The molecule has 0 unspecified atom stereocenters. The first-order valence-corrected chi connectivity index (χ1v) is 7.33. The third-order valence-corrected chi connectivity index (χ3v) is 3.45. The van der Waals surface area contributed by atoms with Crippen LogP contribution in [-0.4, -0.2) is 22.0 Å². The van der Waals surface area contributed by atoms with Crippen molar-refractivity contribution in [1.82, 2.24) is 14.9 Å².